The molecule has 0 spiro atoms. The number of nitrogens with zero attached hydrogens (tertiary/aromatic N) is 3. The predicted octanol–water partition coefficient (Wildman–Crippen LogP) is 2.70. The van der Waals surface area contributed by atoms with Crippen molar-refractivity contribution in [3.63, 3.8) is 0 Å². The Labute approximate surface area is 182 Å². The molecule has 1 aromatic carbocycles. The Morgan fingerprint density at radius 2 is 2.07 bits per heavy atom. The fourth-order valence-electron chi connectivity index (χ4n) is 4.82. The van der Waals surface area contributed by atoms with E-state index >= 15 is 0 Å². The number of amidine groups is 1. The van der Waals surface area contributed by atoms with E-state index in [9.17, 15) is 4.79 Å². The highest BCUT2D eigenvalue weighted by atomic mass is 32.2. The summed E-state index contributed by atoms with van der Waals surface area (Å²) in [7, 11) is 0. The van der Waals surface area contributed by atoms with E-state index in [2.05, 4.69) is 75.6 Å². The molecule has 2 fully saturated rings. The van der Waals surface area contributed by atoms with Crippen LogP contribution in [0.25, 0.3) is 0 Å². The van der Waals surface area contributed by atoms with E-state index in [4.69, 9.17) is 0 Å². The normalized spacial score (nSPS) is 27.7. The van der Waals surface area contributed by atoms with Gasteiger partial charge in [-0.2, -0.15) is 5.10 Å². The van der Waals surface area contributed by atoms with Gasteiger partial charge in [-0.05, 0) is 49.8 Å². The second-order valence-corrected chi connectivity index (χ2v) is 9.69. The maximum atomic E-state index is 12.3. The van der Waals surface area contributed by atoms with Gasteiger partial charge >= 0.3 is 0 Å². The molecular weight excluding hydrogens is 396 g/mol. The van der Waals surface area contributed by atoms with E-state index in [0.29, 0.717) is 11.8 Å². The van der Waals surface area contributed by atoms with Crippen LogP contribution in [0.5, 0.6) is 0 Å². The number of thioether (sulfide) groups is 1. The number of hydrazine groups is 1. The zero-order valence-corrected chi connectivity index (χ0v) is 18.4. The van der Waals surface area contributed by atoms with Gasteiger partial charge in [-0.1, -0.05) is 42.8 Å². The highest BCUT2D eigenvalue weighted by Crippen LogP contribution is 2.35. The number of hydrogen-bond acceptors (Lipinski definition) is 7. The largest absolute Gasteiger partial charge is 0.353 e. The van der Waals surface area contributed by atoms with Crippen LogP contribution in [0.1, 0.15) is 54.8 Å². The molecule has 0 bridgehead atoms. The smallest absolute Gasteiger partial charge is 0.230 e. The van der Waals surface area contributed by atoms with Gasteiger partial charge in [0.1, 0.15) is 6.17 Å². The molecule has 160 valence electrons. The quantitative estimate of drug-likeness (QED) is 0.688. The predicted molar refractivity (Wildman–Crippen MR) is 120 cm³/mol. The Morgan fingerprint density at radius 3 is 2.87 bits per heavy atom. The molecule has 3 N–H and O–H groups in total. The van der Waals surface area contributed by atoms with Crippen molar-refractivity contribution < 1.29 is 4.79 Å². The Morgan fingerprint density at radius 1 is 1.23 bits per heavy atom. The number of amides is 1. The number of carbonyl (C=O) groups excluding carboxylic acids is 1. The molecule has 3 aliphatic heterocycles. The lowest BCUT2D eigenvalue weighted by Crippen LogP contribution is -2.54. The third-order valence-corrected chi connectivity index (χ3v) is 7.66. The summed E-state index contributed by atoms with van der Waals surface area (Å²) < 4.78 is 0. The van der Waals surface area contributed by atoms with Crippen molar-refractivity contribution >= 4 is 22.8 Å². The molecule has 3 heterocycles. The summed E-state index contributed by atoms with van der Waals surface area (Å²) in [6.07, 6.45) is 9.90. The molecule has 1 saturated heterocycles. The zero-order chi connectivity index (χ0) is 20.7. The van der Waals surface area contributed by atoms with Crippen LogP contribution in [0.3, 0.4) is 0 Å². The highest BCUT2D eigenvalue weighted by molar-refractivity contribution is 8.14. The molecule has 1 aliphatic carbocycles. The fourth-order valence-corrected chi connectivity index (χ4v) is 5.60. The minimum Gasteiger partial charge on any atom is -0.353 e. The van der Waals surface area contributed by atoms with Gasteiger partial charge in [0, 0.05) is 18.4 Å². The van der Waals surface area contributed by atoms with E-state index in [-0.39, 0.29) is 24.2 Å². The van der Waals surface area contributed by atoms with Crippen LogP contribution in [-0.4, -0.2) is 45.0 Å². The van der Waals surface area contributed by atoms with Crippen molar-refractivity contribution in [2.24, 2.45) is 5.10 Å². The van der Waals surface area contributed by atoms with E-state index in [1.54, 1.807) is 0 Å². The van der Waals surface area contributed by atoms with Gasteiger partial charge in [-0.15, -0.1) is 0 Å². The number of hydrazone groups is 1. The summed E-state index contributed by atoms with van der Waals surface area (Å²) in [5.41, 5.74) is 10.9. The van der Waals surface area contributed by atoms with Gasteiger partial charge < -0.3 is 15.2 Å². The molecule has 3 atom stereocenters. The number of benzene rings is 1. The van der Waals surface area contributed by atoms with Crippen LogP contribution in [0, 0.1) is 13.8 Å². The fraction of sp³-hybridized carbons (Fsp3) is 0.545. The van der Waals surface area contributed by atoms with Crippen molar-refractivity contribution in [3.8, 4) is 0 Å². The highest BCUT2D eigenvalue weighted by Gasteiger charge is 2.44. The van der Waals surface area contributed by atoms with Gasteiger partial charge in [0.15, 0.2) is 5.17 Å². The number of nitrogens with one attached hydrogen (secondary N) is 3. The Bertz CT molecular complexity index is 880. The summed E-state index contributed by atoms with van der Waals surface area (Å²) in [6, 6.07) is 7.64. The van der Waals surface area contributed by atoms with Crippen molar-refractivity contribution in [1.29, 1.82) is 0 Å². The summed E-state index contributed by atoms with van der Waals surface area (Å²) >= 11 is 1.51. The van der Waals surface area contributed by atoms with Gasteiger partial charge in [-0.25, -0.2) is 5.43 Å². The van der Waals surface area contributed by atoms with E-state index in [0.717, 1.165) is 24.4 Å². The number of aryl methyl sites for hydroxylation is 2. The van der Waals surface area contributed by atoms with Crippen LogP contribution in [-0.2, 0) is 4.79 Å². The maximum Gasteiger partial charge on any atom is 0.230 e. The van der Waals surface area contributed by atoms with Crippen molar-refractivity contribution in [3.05, 3.63) is 47.3 Å². The summed E-state index contributed by atoms with van der Waals surface area (Å²) in [5, 5.41) is 10.8. The Balaban J connectivity index is 1.19. The lowest BCUT2D eigenvalue weighted by atomic mass is 9.97. The molecule has 8 heteroatoms. The zero-order valence-electron chi connectivity index (χ0n) is 17.6. The molecule has 1 saturated carbocycles. The third kappa shape index (κ3) is 3.78. The average molecular weight is 427 g/mol. The summed E-state index contributed by atoms with van der Waals surface area (Å²) in [6.45, 7) is 4.32. The third-order valence-electron chi connectivity index (χ3n) is 6.69. The second-order valence-electron chi connectivity index (χ2n) is 8.75. The maximum absolute atomic E-state index is 12.3. The molecule has 4 aliphatic rings. The van der Waals surface area contributed by atoms with E-state index in [1.807, 2.05) is 0 Å². The number of fused-ring (bicyclic) bond motifs is 3. The second kappa shape index (κ2) is 8.15. The van der Waals surface area contributed by atoms with Crippen molar-refractivity contribution in [2.75, 3.05) is 5.75 Å². The van der Waals surface area contributed by atoms with Crippen LogP contribution >= 0.6 is 11.8 Å². The first-order chi connectivity index (χ1) is 14.6. The van der Waals surface area contributed by atoms with E-state index in [1.165, 1.54) is 41.3 Å². The molecule has 5 rings (SSSR count). The van der Waals surface area contributed by atoms with Gasteiger partial charge in [0.25, 0.3) is 0 Å². The Kier molecular flexibility index (Phi) is 5.37. The average Bonchev–Trinajstić information content (AvgIpc) is 3.47. The molecular formula is C22H30N6OS. The minimum atomic E-state index is 0.0828. The van der Waals surface area contributed by atoms with Gasteiger partial charge in [0.2, 0.25) is 5.91 Å². The van der Waals surface area contributed by atoms with Gasteiger partial charge in [0.05, 0.1) is 17.8 Å². The van der Waals surface area contributed by atoms with E-state index < -0.39 is 0 Å². The van der Waals surface area contributed by atoms with Crippen LogP contribution < -0.4 is 16.2 Å². The van der Waals surface area contributed by atoms with Crippen LogP contribution in [0.2, 0.25) is 0 Å². The molecule has 30 heavy (non-hydrogen) atoms. The summed E-state index contributed by atoms with van der Waals surface area (Å²) in [4.78, 5) is 14.5. The standard InChI is InChI=1S/C22H30N6OS/c1-14-7-8-16(11-15(14)2)18-12-19-21-24-25-22(27(21)9-10-28(19)26-18)30-13-20(29)23-17-5-3-4-6-17/h7-11,17-19,21,24,26H,3-6,12-13H2,1-2H3,(H,23,29). The van der Waals surface area contributed by atoms with Crippen molar-refractivity contribution in [1.82, 2.24) is 26.1 Å². The lowest BCUT2D eigenvalue weighted by Gasteiger charge is -2.36. The molecule has 1 amide bonds. The molecule has 3 unspecified atom stereocenters. The molecule has 0 aromatic heterocycles. The lowest BCUT2D eigenvalue weighted by molar-refractivity contribution is -0.119. The number of carbonyl (C=O) groups is 1. The first-order valence-electron chi connectivity index (χ1n) is 10.9. The first kappa shape index (κ1) is 19.8. The number of hydrogen-bond donors (Lipinski definition) is 3. The SMILES string of the molecule is Cc1ccc(C2CC3C4NN=C(SCC(=O)NC5CCCC5)N4C=CN3N2)cc1C. The van der Waals surface area contributed by atoms with Crippen LogP contribution in [0.4, 0.5) is 0 Å². The van der Waals surface area contributed by atoms with Gasteiger partial charge in [-0.3, -0.25) is 10.2 Å². The molecule has 1 aromatic rings. The van der Waals surface area contributed by atoms with Crippen molar-refractivity contribution in [2.45, 2.75) is 70.2 Å². The summed E-state index contributed by atoms with van der Waals surface area (Å²) in [5.74, 6) is 0.518. The number of rotatable bonds is 4. The molecule has 0 radical (unpaired) electrons. The van der Waals surface area contributed by atoms with Crippen LogP contribution in [0.15, 0.2) is 35.7 Å². The monoisotopic (exact) mass is 426 g/mol. The Hall–Kier alpha value is -2.19. The molecule has 7 nitrogen and oxygen atoms in total. The topological polar surface area (TPSA) is 72.0 Å². The minimum absolute atomic E-state index is 0.0828. The first-order valence-corrected chi connectivity index (χ1v) is 11.9.